The molecule has 0 aliphatic carbocycles. The average Bonchev–Trinajstić information content (AvgIpc) is 2.89. The monoisotopic (exact) mass is 287 g/mol. The van der Waals surface area contributed by atoms with Gasteiger partial charge < -0.3 is 9.73 Å². The standard InChI is InChI=1S/C14H10FN3O3/c1-16-14-7-10(18(19)20)6-11(17-14)13-5-8-4-9(15)2-3-12(8)21-13/h2-7H,1H3,(H,16,17). The number of nitrogens with one attached hydrogen (secondary N) is 1. The summed E-state index contributed by atoms with van der Waals surface area (Å²) in [5, 5.41) is 14.3. The van der Waals surface area contributed by atoms with Gasteiger partial charge in [-0.15, -0.1) is 0 Å². The number of halogens is 1. The summed E-state index contributed by atoms with van der Waals surface area (Å²) in [5.74, 6) is 0.319. The minimum atomic E-state index is -0.506. The molecule has 2 aromatic heterocycles. The molecule has 21 heavy (non-hydrogen) atoms. The Kier molecular flexibility index (Phi) is 3.02. The van der Waals surface area contributed by atoms with E-state index >= 15 is 0 Å². The van der Waals surface area contributed by atoms with Crippen LogP contribution < -0.4 is 5.32 Å². The molecule has 2 heterocycles. The molecular formula is C14H10FN3O3. The Bertz CT molecular complexity index is 845. The maximum atomic E-state index is 13.2. The number of benzene rings is 1. The fourth-order valence-electron chi connectivity index (χ4n) is 2.02. The zero-order valence-electron chi connectivity index (χ0n) is 11.0. The van der Waals surface area contributed by atoms with Crippen molar-refractivity contribution in [2.45, 2.75) is 0 Å². The molecule has 0 spiro atoms. The first-order valence-electron chi connectivity index (χ1n) is 6.10. The van der Waals surface area contributed by atoms with Crippen LogP contribution in [-0.4, -0.2) is 17.0 Å². The lowest BCUT2D eigenvalue weighted by atomic mass is 10.2. The highest BCUT2D eigenvalue weighted by Crippen LogP contribution is 2.30. The van der Waals surface area contributed by atoms with Gasteiger partial charge in [-0.25, -0.2) is 9.37 Å². The minimum absolute atomic E-state index is 0.101. The van der Waals surface area contributed by atoms with Crippen LogP contribution in [0.4, 0.5) is 15.9 Å². The van der Waals surface area contributed by atoms with Crippen LogP contribution in [0.5, 0.6) is 0 Å². The normalized spacial score (nSPS) is 10.8. The van der Waals surface area contributed by atoms with Crippen molar-refractivity contribution in [1.29, 1.82) is 0 Å². The molecular weight excluding hydrogens is 277 g/mol. The van der Waals surface area contributed by atoms with Crippen molar-refractivity contribution in [3.05, 3.63) is 52.3 Å². The summed E-state index contributed by atoms with van der Waals surface area (Å²) in [5.41, 5.74) is 0.701. The van der Waals surface area contributed by atoms with E-state index in [9.17, 15) is 14.5 Å². The predicted molar refractivity (Wildman–Crippen MR) is 75.6 cm³/mol. The third kappa shape index (κ3) is 2.40. The molecule has 1 aromatic carbocycles. The first-order chi connectivity index (χ1) is 10.1. The van der Waals surface area contributed by atoms with Crippen LogP contribution in [0.15, 0.2) is 40.8 Å². The molecule has 106 valence electrons. The van der Waals surface area contributed by atoms with Gasteiger partial charge in [-0.05, 0) is 24.3 Å². The van der Waals surface area contributed by atoms with Gasteiger partial charge in [-0.2, -0.15) is 0 Å². The van der Waals surface area contributed by atoms with Crippen molar-refractivity contribution in [3.63, 3.8) is 0 Å². The number of pyridine rings is 1. The van der Waals surface area contributed by atoms with E-state index in [4.69, 9.17) is 4.42 Å². The van der Waals surface area contributed by atoms with Gasteiger partial charge in [0.2, 0.25) is 0 Å². The number of nitro groups is 1. The second-order valence-electron chi connectivity index (χ2n) is 4.40. The molecule has 0 fully saturated rings. The van der Waals surface area contributed by atoms with Crippen LogP contribution in [0.1, 0.15) is 0 Å². The molecule has 3 rings (SSSR count). The zero-order chi connectivity index (χ0) is 15.0. The number of hydrogen-bond acceptors (Lipinski definition) is 5. The van der Waals surface area contributed by atoms with E-state index in [0.29, 0.717) is 28.2 Å². The number of anilines is 1. The van der Waals surface area contributed by atoms with Crippen LogP contribution in [0, 0.1) is 15.9 Å². The van der Waals surface area contributed by atoms with E-state index in [1.165, 1.54) is 30.3 Å². The number of aromatic nitrogens is 1. The Hall–Kier alpha value is -2.96. The summed E-state index contributed by atoms with van der Waals surface area (Å²) in [6, 6.07) is 8.36. The molecule has 7 heteroatoms. The quantitative estimate of drug-likeness (QED) is 0.588. The summed E-state index contributed by atoms with van der Waals surface area (Å²) in [6.07, 6.45) is 0. The molecule has 0 atom stereocenters. The molecule has 0 aliphatic rings. The zero-order valence-corrected chi connectivity index (χ0v) is 11.0. The Morgan fingerprint density at radius 1 is 1.29 bits per heavy atom. The van der Waals surface area contributed by atoms with E-state index in [-0.39, 0.29) is 11.5 Å². The Balaban J connectivity index is 2.16. The predicted octanol–water partition coefficient (Wildman–Crippen LogP) is 3.58. The molecule has 0 amide bonds. The molecule has 0 saturated heterocycles. The van der Waals surface area contributed by atoms with Gasteiger partial charge in [0.05, 0.1) is 11.0 Å². The Labute approximate surface area is 118 Å². The van der Waals surface area contributed by atoms with Crippen molar-refractivity contribution in [2.75, 3.05) is 12.4 Å². The SMILES string of the molecule is CNc1cc([N+](=O)[O-])cc(-c2cc3cc(F)ccc3o2)n1. The van der Waals surface area contributed by atoms with Gasteiger partial charge >= 0.3 is 0 Å². The van der Waals surface area contributed by atoms with E-state index in [0.717, 1.165) is 0 Å². The van der Waals surface area contributed by atoms with Gasteiger partial charge in [-0.3, -0.25) is 10.1 Å². The number of fused-ring (bicyclic) bond motifs is 1. The number of rotatable bonds is 3. The molecule has 6 nitrogen and oxygen atoms in total. The van der Waals surface area contributed by atoms with Crippen molar-refractivity contribution in [2.24, 2.45) is 0 Å². The first-order valence-corrected chi connectivity index (χ1v) is 6.10. The summed E-state index contributed by atoms with van der Waals surface area (Å²) >= 11 is 0. The fraction of sp³-hybridized carbons (Fsp3) is 0.0714. The number of furan rings is 1. The van der Waals surface area contributed by atoms with Gasteiger partial charge in [0, 0.05) is 18.5 Å². The van der Waals surface area contributed by atoms with Crippen molar-refractivity contribution < 1.29 is 13.7 Å². The smallest absolute Gasteiger partial charge is 0.275 e. The van der Waals surface area contributed by atoms with Crippen LogP contribution in [0.2, 0.25) is 0 Å². The lowest BCUT2D eigenvalue weighted by Crippen LogP contribution is -1.97. The maximum absolute atomic E-state index is 13.2. The lowest BCUT2D eigenvalue weighted by Gasteiger charge is -2.02. The molecule has 1 N–H and O–H groups in total. The van der Waals surface area contributed by atoms with E-state index in [1.54, 1.807) is 13.1 Å². The fourth-order valence-corrected chi connectivity index (χ4v) is 2.02. The van der Waals surface area contributed by atoms with Crippen molar-refractivity contribution in [1.82, 2.24) is 4.98 Å². The average molecular weight is 287 g/mol. The van der Waals surface area contributed by atoms with E-state index in [1.807, 2.05) is 0 Å². The molecule has 0 aliphatic heterocycles. The van der Waals surface area contributed by atoms with Gasteiger partial charge in [0.1, 0.15) is 22.9 Å². The molecule has 3 aromatic rings. The second kappa shape index (κ2) is 4.86. The van der Waals surface area contributed by atoms with E-state index < -0.39 is 4.92 Å². The lowest BCUT2D eigenvalue weighted by molar-refractivity contribution is -0.384. The third-order valence-corrected chi connectivity index (χ3v) is 3.01. The van der Waals surface area contributed by atoms with Crippen LogP contribution in [0.3, 0.4) is 0 Å². The van der Waals surface area contributed by atoms with E-state index in [2.05, 4.69) is 10.3 Å². The summed E-state index contributed by atoms with van der Waals surface area (Å²) in [4.78, 5) is 14.7. The van der Waals surface area contributed by atoms with Crippen LogP contribution >= 0.6 is 0 Å². The Morgan fingerprint density at radius 2 is 2.10 bits per heavy atom. The topological polar surface area (TPSA) is 81.2 Å². The molecule has 0 bridgehead atoms. The highest BCUT2D eigenvalue weighted by Gasteiger charge is 2.15. The molecule has 0 saturated carbocycles. The molecule has 0 radical (unpaired) electrons. The summed E-state index contributed by atoms with van der Waals surface area (Å²) < 4.78 is 18.7. The second-order valence-corrected chi connectivity index (χ2v) is 4.40. The van der Waals surface area contributed by atoms with Crippen LogP contribution in [0.25, 0.3) is 22.4 Å². The highest BCUT2D eigenvalue weighted by atomic mass is 19.1. The molecule has 0 unspecified atom stereocenters. The maximum Gasteiger partial charge on any atom is 0.275 e. The number of hydrogen-bond donors (Lipinski definition) is 1. The van der Waals surface area contributed by atoms with Gasteiger partial charge in [-0.1, -0.05) is 0 Å². The Morgan fingerprint density at radius 3 is 2.81 bits per heavy atom. The summed E-state index contributed by atoms with van der Waals surface area (Å²) in [7, 11) is 1.61. The minimum Gasteiger partial charge on any atom is -0.454 e. The third-order valence-electron chi connectivity index (χ3n) is 3.01. The van der Waals surface area contributed by atoms with Crippen molar-refractivity contribution in [3.8, 4) is 11.5 Å². The van der Waals surface area contributed by atoms with Gasteiger partial charge in [0.15, 0.2) is 5.76 Å². The first kappa shape index (κ1) is 13.0. The highest BCUT2D eigenvalue weighted by molar-refractivity contribution is 5.82. The van der Waals surface area contributed by atoms with Crippen molar-refractivity contribution >= 4 is 22.5 Å². The number of nitrogens with zero attached hydrogens (tertiary/aromatic N) is 2. The van der Waals surface area contributed by atoms with Gasteiger partial charge in [0.25, 0.3) is 5.69 Å². The van der Waals surface area contributed by atoms with Crippen LogP contribution in [-0.2, 0) is 0 Å². The summed E-state index contributed by atoms with van der Waals surface area (Å²) in [6.45, 7) is 0. The largest absolute Gasteiger partial charge is 0.454 e.